The molecule has 0 bridgehead atoms. The molecule has 0 aliphatic heterocycles. The van der Waals surface area contributed by atoms with Crippen LogP contribution in [0, 0.1) is 0 Å². The molecule has 0 heterocycles. The Morgan fingerprint density at radius 1 is 0.241 bits per heavy atom. The van der Waals surface area contributed by atoms with Crippen molar-refractivity contribution in [2.45, 2.75) is 122 Å². The van der Waals surface area contributed by atoms with E-state index in [9.17, 15) is 49.5 Å². The van der Waals surface area contributed by atoms with Crippen molar-refractivity contribution in [3.05, 3.63) is 0 Å². The fourth-order valence-corrected chi connectivity index (χ4v) is 3.31. The number of carbonyl (C=O) groups excluding carboxylic acids is 5. The molecular weight excluding hydrogens is 1310 g/mol. The Kier molecular flexibility index (Phi) is 107. The van der Waals surface area contributed by atoms with Crippen LogP contribution in [0.25, 0.3) is 0 Å². The maximum Gasteiger partial charge on any atom is 3.00 e. The van der Waals surface area contributed by atoms with E-state index in [4.69, 9.17) is 151 Å². The van der Waals surface area contributed by atoms with Crippen molar-refractivity contribution in [3.8, 4) is 0 Å². The summed E-state index contributed by atoms with van der Waals surface area (Å²) in [5.74, 6) is -9.88. The van der Waals surface area contributed by atoms with Crippen molar-refractivity contribution in [1.29, 1.82) is 0 Å². The molecule has 0 aromatic heterocycles. The predicted octanol–water partition coefficient (Wildman–Crippen LogP) is -28.2. The normalized spacial score (nSPS) is 17.2. The fourth-order valence-electron chi connectivity index (χ4n) is 3.31. The van der Waals surface area contributed by atoms with Gasteiger partial charge in [-0.3, -0.25) is 0 Å². The molecule has 20 atom stereocenters. The van der Waals surface area contributed by atoms with Crippen LogP contribution in [0.4, 0.5) is 0 Å². The maximum atomic E-state index is 9.98. The number of carboxylic acid groups (broad SMARTS) is 5. The fraction of sp³-hybridized carbons (Fsp3) is 0.833. The van der Waals surface area contributed by atoms with E-state index in [2.05, 4.69) is 59.3 Å². The van der Waals surface area contributed by atoms with Gasteiger partial charge in [-0.15, -0.1) is 0 Å². The molecule has 460 valence electrons. The first-order chi connectivity index (χ1) is 34.6. The van der Waals surface area contributed by atoms with Gasteiger partial charge >= 0.3 is 110 Å². The second kappa shape index (κ2) is 73.4. The molecule has 40 nitrogen and oxygen atoms in total. The third-order valence-corrected chi connectivity index (χ3v) is 7.48. The summed E-state index contributed by atoms with van der Waals surface area (Å²) in [6, 6.07) is 0. The van der Waals surface area contributed by atoms with Crippen LogP contribution < -0.4 is 48.8 Å². The molecule has 0 amide bonds. The molecule has 49 heteroatoms. The van der Waals surface area contributed by atoms with Gasteiger partial charge in [-0.1, -0.05) is 0 Å². The van der Waals surface area contributed by atoms with Crippen LogP contribution in [-0.2, 0) is 24.0 Å². The molecule has 0 spiro atoms. The molecule has 0 rings (SSSR count). The number of aliphatic hydroxyl groups excluding tert-OH is 25. The molecule has 79 heavy (non-hydrogen) atoms. The number of hydrogen-bond acceptors (Lipinski definition) is 40. The topological polar surface area (TPSA) is 822 Å². The first kappa shape index (κ1) is 115. The summed E-state index contributed by atoms with van der Waals surface area (Å²) in [5, 5.41) is 267. The van der Waals surface area contributed by atoms with Crippen LogP contribution in [0.2, 0.25) is 0 Å². The van der Waals surface area contributed by atoms with Crippen molar-refractivity contribution >= 4 is 199 Å². The number of halogens is 5. The van der Waals surface area contributed by atoms with E-state index >= 15 is 0 Å². The molecule has 0 aliphatic carbocycles. The number of aliphatic carboxylic acids is 5. The second-order valence-corrected chi connectivity index (χ2v) is 12.5. The van der Waals surface area contributed by atoms with E-state index < -0.39 is 185 Å². The van der Waals surface area contributed by atoms with E-state index in [1.165, 1.54) is 0 Å². The predicted molar refractivity (Wildman–Crippen MR) is 233 cm³/mol. The van der Waals surface area contributed by atoms with Gasteiger partial charge in [-0.2, -0.15) is 0 Å². The first-order valence-corrected chi connectivity index (χ1v) is 19.6. The number of carbonyl (C=O) groups is 5. The van der Waals surface area contributed by atoms with Crippen molar-refractivity contribution in [2.75, 3.05) is 33.0 Å². The van der Waals surface area contributed by atoms with Crippen molar-refractivity contribution in [1.82, 2.24) is 0 Å². The van der Waals surface area contributed by atoms with E-state index in [-0.39, 0.29) is 110 Å². The minimum absolute atomic E-state index is 0. The number of rotatable bonds is 25. The largest absolute Gasteiger partial charge is 3.00 e. The van der Waals surface area contributed by atoms with Gasteiger partial charge in [0, 0.05) is 0 Å². The zero-order chi connectivity index (χ0) is 63.0. The van der Waals surface area contributed by atoms with Gasteiger partial charge in [-0.25, -0.2) is 59.3 Å². The molecule has 0 aromatic rings. The van der Waals surface area contributed by atoms with Crippen molar-refractivity contribution < 1.29 is 200 Å². The van der Waals surface area contributed by atoms with Crippen molar-refractivity contribution in [2.24, 2.45) is 0 Å². The van der Waals surface area contributed by atoms with Crippen LogP contribution in [0.1, 0.15) is 0 Å². The standard InChI is InChI=1S/5C6H12O7.2Al.2Ca.5ClO/c5*7-1-2(8)3(9)4(10)5(11)6(12)13;;;;;5*1-2/h5*2-5,7-11H,1H2,(H,12,13);;;;;;;;;/q;;;;;2*+3;2*+2;5*-1/p-5/t5*2-,3-,4+,5-;;;;;;;;;/m11111........./s1. The number of carboxylic acids is 5. The smallest absolute Gasteiger partial charge is 0.769 e. The Balaban J connectivity index is -0.0000000528. The van der Waals surface area contributed by atoms with E-state index in [0.29, 0.717) is 0 Å². The average Bonchev–Trinajstić information content (AvgIpc) is 3.43. The summed E-state index contributed by atoms with van der Waals surface area (Å²) in [6.45, 7) is -4.32. The van der Waals surface area contributed by atoms with Gasteiger partial charge in [-0.05, 0) is 0 Å². The van der Waals surface area contributed by atoms with Crippen molar-refractivity contribution in [3.63, 3.8) is 0 Å². The molecule has 0 aromatic carbocycles. The molecule has 0 fully saturated rings. The van der Waals surface area contributed by atoms with Gasteiger partial charge in [0.2, 0.25) is 0 Å². The Labute approximate surface area is 549 Å². The van der Waals surface area contributed by atoms with Gasteiger partial charge < -0.3 is 200 Å². The van der Waals surface area contributed by atoms with Crippen LogP contribution in [0.3, 0.4) is 0 Å². The van der Waals surface area contributed by atoms with E-state index in [1.54, 1.807) is 0 Å². The quantitative estimate of drug-likeness (QED) is 0.0377. The third-order valence-electron chi connectivity index (χ3n) is 7.48. The summed E-state index contributed by atoms with van der Waals surface area (Å²) >= 11 is 16.9. The van der Waals surface area contributed by atoms with Crippen LogP contribution >= 0.6 is 59.3 Å². The summed E-state index contributed by atoms with van der Waals surface area (Å²) in [4.78, 5) is 49.9. The summed E-state index contributed by atoms with van der Waals surface area (Å²) in [7, 11) is 0. The number of aliphatic hydroxyl groups is 25. The maximum absolute atomic E-state index is 9.98. The Hall–Kier alpha value is 1.18. The third kappa shape index (κ3) is 56.7. The van der Waals surface area contributed by atoms with Gasteiger partial charge in [0.25, 0.3) is 0 Å². The second-order valence-electron chi connectivity index (χ2n) is 12.5. The Bertz CT molecular complexity index is 1130. The Morgan fingerprint density at radius 3 is 0.367 bits per heavy atom. The molecule has 0 saturated carbocycles. The zero-order valence-electron chi connectivity index (χ0n) is 39.3. The summed E-state index contributed by atoms with van der Waals surface area (Å²) < 4.78 is 38.6. The van der Waals surface area contributed by atoms with Gasteiger partial charge in [0.1, 0.15) is 122 Å². The molecular formula is C30H55Al2Ca2Cl5O40. The molecule has 0 aliphatic rings. The monoisotopic (exact) mass is 1360 g/mol. The number of hydrogen-bond donors (Lipinski definition) is 25. The van der Waals surface area contributed by atoms with Gasteiger partial charge in [0.15, 0.2) is 0 Å². The Morgan fingerprint density at radius 2 is 0.316 bits per heavy atom. The van der Waals surface area contributed by atoms with Crippen LogP contribution in [-0.4, -0.2) is 423 Å². The summed E-state index contributed by atoms with van der Waals surface area (Å²) in [6.07, 6.45) is -40.4. The van der Waals surface area contributed by atoms with Crippen LogP contribution in [0.15, 0.2) is 0 Å². The molecule has 0 radical (unpaired) electrons. The van der Waals surface area contributed by atoms with E-state index in [1.807, 2.05) is 0 Å². The first-order valence-electron chi connectivity index (χ1n) is 18.0. The molecule has 25 N–H and O–H groups in total. The minimum atomic E-state index is -2.31. The van der Waals surface area contributed by atoms with E-state index in [0.717, 1.165) is 0 Å². The zero-order valence-corrected chi connectivity index (χ0v) is 49.9. The molecule has 0 unspecified atom stereocenters. The molecule has 0 saturated heterocycles. The minimum Gasteiger partial charge on any atom is -0.769 e. The SMILES string of the molecule is O=C([O-])[C@H](O)[C@@H](O)[C@H](O)[C@H](O)CO.O=C([O-])[C@H](O)[C@@H](O)[C@H](O)[C@H](O)CO.O=C([O-])[C@H](O)[C@@H](O)[C@H](O)[C@H](O)CO.O=C([O-])[C@H](O)[C@@H](O)[C@H](O)[C@H](O)CO.O=C([O-])[C@H](O)[C@@H](O)[C@H](O)[C@H](O)CO.[Al+3].[Al+3].[Ca+2].[Ca+2].[O-]Cl.[O-]Cl.[O-]Cl.[O-]Cl.[O-]Cl. The average molecular weight is 1370 g/mol. The summed E-state index contributed by atoms with van der Waals surface area (Å²) in [5.41, 5.74) is 0. The van der Waals surface area contributed by atoms with Crippen LogP contribution in [0.5, 0.6) is 0 Å². The van der Waals surface area contributed by atoms with Gasteiger partial charge in [0.05, 0.1) is 62.9 Å².